The fourth-order valence-electron chi connectivity index (χ4n) is 2.83. The third-order valence-corrected chi connectivity index (χ3v) is 3.80. The highest BCUT2D eigenvalue weighted by Crippen LogP contribution is 2.30. The maximum Gasteiger partial charge on any atom is 0.128 e. The SMILES string of the molecule is Cc1ccc(F)c([C@H](CC(C)C)N2CCNCC2)c1. The third kappa shape index (κ3) is 3.77. The molecule has 0 bridgehead atoms. The van der Waals surface area contributed by atoms with Gasteiger partial charge in [0.15, 0.2) is 0 Å². The lowest BCUT2D eigenvalue weighted by atomic mass is 9.93. The molecule has 0 saturated carbocycles. The number of aryl methyl sites for hydroxylation is 1. The van der Waals surface area contributed by atoms with E-state index in [9.17, 15) is 4.39 Å². The van der Waals surface area contributed by atoms with Crippen molar-refractivity contribution in [3.63, 3.8) is 0 Å². The normalized spacial score (nSPS) is 18.8. The molecule has 1 aliphatic rings. The highest BCUT2D eigenvalue weighted by atomic mass is 19.1. The molecule has 0 radical (unpaired) electrons. The molecule has 0 aromatic heterocycles. The van der Waals surface area contributed by atoms with Crippen molar-refractivity contribution in [2.75, 3.05) is 26.2 Å². The Morgan fingerprint density at radius 3 is 2.58 bits per heavy atom. The summed E-state index contributed by atoms with van der Waals surface area (Å²) in [6.07, 6.45) is 1.01. The van der Waals surface area contributed by atoms with Crippen LogP contribution in [-0.2, 0) is 0 Å². The van der Waals surface area contributed by atoms with E-state index in [2.05, 4.69) is 24.1 Å². The van der Waals surface area contributed by atoms with E-state index in [-0.39, 0.29) is 11.9 Å². The molecular formula is C16H25FN2. The molecule has 1 aromatic carbocycles. The first-order valence-corrected chi connectivity index (χ1v) is 7.28. The minimum atomic E-state index is -0.0604. The molecule has 0 spiro atoms. The van der Waals surface area contributed by atoms with E-state index < -0.39 is 0 Å². The molecule has 2 nitrogen and oxygen atoms in total. The summed E-state index contributed by atoms with van der Waals surface area (Å²) in [6.45, 7) is 10.5. The molecule has 1 aliphatic heterocycles. The minimum absolute atomic E-state index is 0.0604. The number of hydrogen-bond donors (Lipinski definition) is 1. The lowest BCUT2D eigenvalue weighted by Gasteiger charge is -2.36. The van der Waals surface area contributed by atoms with Crippen LogP contribution >= 0.6 is 0 Å². The van der Waals surface area contributed by atoms with E-state index in [0.717, 1.165) is 43.7 Å². The molecule has 1 N–H and O–H groups in total. The average Bonchev–Trinajstić information content (AvgIpc) is 2.40. The van der Waals surface area contributed by atoms with Gasteiger partial charge in [0.2, 0.25) is 0 Å². The van der Waals surface area contributed by atoms with Gasteiger partial charge in [0.25, 0.3) is 0 Å². The fourth-order valence-corrected chi connectivity index (χ4v) is 2.83. The summed E-state index contributed by atoms with van der Waals surface area (Å²) >= 11 is 0. The van der Waals surface area contributed by atoms with Gasteiger partial charge in [-0.3, -0.25) is 4.90 Å². The van der Waals surface area contributed by atoms with Crippen molar-refractivity contribution in [3.05, 3.63) is 35.1 Å². The number of nitrogens with zero attached hydrogens (tertiary/aromatic N) is 1. The summed E-state index contributed by atoms with van der Waals surface area (Å²) in [7, 11) is 0. The van der Waals surface area contributed by atoms with Gasteiger partial charge in [-0.15, -0.1) is 0 Å². The number of hydrogen-bond acceptors (Lipinski definition) is 2. The number of piperazine rings is 1. The van der Waals surface area contributed by atoms with Gasteiger partial charge >= 0.3 is 0 Å². The Hall–Kier alpha value is -0.930. The van der Waals surface area contributed by atoms with Crippen LogP contribution in [0.4, 0.5) is 4.39 Å². The van der Waals surface area contributed by atoms with Gasteiger partial charge in [-0.2, -0.15) is 0 Å². The average molecular weight is 264 g/mol. The quantitative estimate of drug-likeness (QED) is 0.899. The zero-order valence-corrected chi connectivity index (χ0v) is 12.2. The number of nitrogens with one attached hydrogen (secondary N) is 1. The van der Waals surface area contributed by atoms with Gasteiger partial charge in [-0.1, -0.05) is 31.5 Å². The second-order valence-electron chi connectivity index (χ2n) is 5.96. The van der Waals surface area contributed by atoms with E-state index in [1.807, 2.05) is 19.1 Å². The number of benzene rings is 1. The summed E-state index contributed by atoms with van der Waals surface area (Å²) < 4.78 is 14.2. The molecule has 1 atom stereocenters. The van der Waals surface area contributed by atoms with E-state index in [1.54, 1.807) is 6.07 Å². The second-order valence-corrected chi connectivity index (χ2v) is 5.96. The van der Waals surface area contributed by atoms with Crippen LogP contribution in [0.3, 0.4) is 0 Å². The first kappa shape index (κ1) is 14.5. The lowest BCUT2D eigenvalue weighted by molar-refractivity contribution is 0.151. The molecule has 0 aliphatic carbocycles. The van der Waals surface area contributed by atoms with Crippen LogP contribution in [0, 0.1) is 18.7 Å². The monoisotopic (exact) mass is 264 g/mol. The van der Waals surface area contributed by atoms with Crippen molar-refractivity contribution in [1.82, 2.24) is 10.2 Å². The molecule has 0 unspecified atom stereocenters. The predicted octanol–water partition coefficient (Wildman–Crippen LogP) is 3.13. The standard InChI is InChI=1S/C16H25FN2/c1-12(2)10-16(19-8-6-18-7-9-19)14-11-13(3)4-5-15(14)17/h4-5,11-12,16,18H,6-10H2,1-3H3/t16-/m0/s1. The maximum atomic E-state index is 14.2. The van der Waals surface area contributed by atoms with Crippen LogP contribution in [-0.4, -0.2) is 31.1 Å². The van der Waals surface area contributed by atoms with Gasteiger partial charge in [-0.25, -0.2) is 4.39 Å². The molecule has 3 heteroatoms. The molecule has 1 saturated heterocycles. The Labute approximate surface area is 116 Å². The van der Waals surface area contributed by atoms with Crippen LogP contribution in [0.2, 0.25) is 0 Å². The highest BCUT2D eigenvalue weighted by Gasteiger charge is 2.25. The topological polar surface area (TPSA) is 15.3 Å². The second kappa shape index (κ2) is 6.49. The van der Waals surface area contributed by atoms with Crippen LogP contribution < -0.4 is 5.32 Å². The van der Waals surface area contributed by atoms with Gasteiger partial charge in [0.05, 0.1) is 0 Å². The Morgan fingerprint density at radius 1 is 1.26 bits per heavy atom. The van der Waals surface area contributed by atoms with Crippen molar-refractivity contribution < 1.29 is 4.39 Å². The predicted molar refractivity (Wildman–Crippen MR) is 77.8 cm³/mol. The first-order chi connectivity index (χ1) is 9.08. The summed E-state index contributed by atoms with van der Waals surface area (Å²) in [6, 6.07) is 5.69. The van der Waals surface area contributed by atoms with Crippen molar-refractivity contribution >= 4 is 0 Å². The van der Waals surface area contributed by atoms with Gasteiger partial charge in [-0.05, 0) is 25.3 Å². The van der Waals surface area contributed by atoms with Crippen LogP contribution in [0.15, 0.2) is 18.2 Å². The molecule has 1 heterocycles. The van der Waals surface area contributed by atoms with Crippen molar-refractivity contribution in [2.45, 2.75) is 33.2 Å². The van der Waals surface area contributed by atoms with Gasteiger partial charge in [0, 0.05) is 37.8 Å². The molecule has 106 valence electrons. The van der Waals surface area contributed by atoms with Crippen molar-refractivity contribution in [3.8, 4) is 0 Å². The van der Waals surface area contributed by atoms with Crippen LogP contribution in [0.1, 0.15) is 37.4 Å². The Kier molecular flexibility index (Phi) is 4.94. The molecule has 0 amide bonds. The van der Waals surface area contributed by atoms with E-state index in [0.29, 0.717) is 5.92 Å². The van der Waals surface area contributed by atoms with E-state index in [1.165, 1.54) is 0 Å². The smallest absolute Gasteiger partial charge is 0.128 e. The molecule has 1 aromatic rings. The third-order valence-electron chi connectivity index (χ3n) is 3.80. The summed E-state index contributed by atoms with van der Waals surface area (Å²) in [5.41, 5.74) is 2.01. The lowest BCUT2D eigenvalue weighted by Crippen LogP contribution is -2.45. The molecular weight excluding hydrogens is 239 g/mol. The van der Waals surface area contributed by atoms with E-state index >= 15 is 0 Å². The van der Waals surface area contributed by atoms with Gasteiger partial charge in [0.1, 0.15) is 5.82 Å². The van der Waals surface area contributed by atoms with Crippen molar-refractivity contribution in [1.29, 1.82) is 0 Å². The minimum Gasteiger partial charge on any atom is -0.314 e. The molecule has 19 heavy (non-hydrogen) atoms. The molecule has 2 rings (SSSR count). The van der Waals surface area contributed by atoms with Crippen LogP contribution in [0.5, 0.6) is 0 Å². The molecule has 1 fully saturated rings. The Bertz CT molecular complexity index is 411. The van der Waals surface area contributed by atoms with Crippen LogP contribution in [0.25, 0.3) is 0 Å². The number of rotatable bonds is 4. The maximum absolute atomic E-state index is 14.2. The summed E-state index contributed by atoms with van der Waals surface area (Å²) in [5, 5.41) is 3.36. The zero-order chi connectivity index (χ0) is 13.8. The summed E-state index contributed by atoms with van der Waals surface area (Å²) in [5.74, 6) is 0.509. The van der Waals surface area contributed by atoms with Crippen molar-refractivity contribution in [2.24, 2.45) is 5.92 Å². The first-order valence-electron chi connectivity index (χ1n) is 7.28. The largest absolute Gasteiger partial charge is 0.314 e. The summed E-state index contributed by atoms with van der Waals surface area (Å²) in [4.78, 5) is 2.42. The van der Waals surface area contributed by atoms with E-state index in [4.69, 9.17) is 0 Å². The van der Waals surface area contributed by atoms with Gasteiger partial charge < -0.3 is 5.32 Å². The Morgan fingerprint density at radius 2 is 1.95 bits per heavy atom. The fraction of sp³-hybridized carbons (Fsp3) is 0.625. The number of halogens is 1. The highest BCUT2D eigenvalue weighted by molar-refractivity contribution is 5.27. The zero-order valence-electron chi connectivity index (χ0n) is 12.2. The Balaban J connectivity index is 2.27.